The molecule has 0 heterocycles. The van der Waals surface area contributed by atoms with E-state index in [0.717, 1.165) is 12.2 Å². The van der Waals surface area contributed by atoms with Gasteiger partial charge in [0.1, 0.15) is 12.4 Å². The Bertz CT molecular complexity index is 352. The van der Waals surface area contributed by atoms with Gasteiger partial charge in [-0.1, -0.05) is 39.8 Å². The van der Waals surface area contributed by atoms with Crippen LogP contribution in [0.4, 0.5) is 0 Å². The van der Waals surface area contributed by atoms with Crippen molar-refractivity contribution in [1.82, 2.24) is 0 Å². The molecule has 17 heavy (non-hydrogen) atoms. The number of ether oxygens (including phenoxy) is 1. The van der Waals surface area contributed by atoms with Crippen molar-refractivity contribution in [2.75, 3.05) is 6.61 Å². The lowest BCUT2D eigenvalue weighted by molar-refractivity contribution is -0.123. The number of hydrogen-bond donors (Lipinski definition) is 0. The lowest BCUT2D eigenvalue weighted by Crippen LogP contribution is -2.16. The molecule has 0 aromatic heterocycles. The molecule has 1 unspecified atom stereocenters. The van der Waals surface area contributed by atoms with Crippen molar-refractivity contribution < 1.29 is 9.53 Å². The van der Waals surface area contributed by atoms with Crippen LogP contribution < -0.4 is 4.74 Å². The molecule has 1 atom stereocenters. The van der Waals surface area contributed by atoms with Crippen molar-refractivity contribution in [3.05, 3.63) is 29.8 Å². The third-order valence-electron chi connectivity index (χ3n) is 3.09. The first-order chi connectivity index (χ1) is 8.04. The van der Waals surface area contributed by atoms with Crippen molar-refractivity contribution in [2.45, 2.75) is 40.0 Å². The van der Waals surface area contributed by atoms with Gasteiger partial charge in [-0.2, -0.15) is 0 Å². The molecule has 94 valence electrons. The largest absolute Gasteiger partial charge is 0.486 e. The van der Waals surface area contributed by atoms with E-state index in [2.05, 4.69) is 26.0 Å². The molecule has 0 aliphatic heterocycles. The molecular formula is C15H22O2. The van der Waals surface area contributed by atoms with Crippen molar-refractivity contribution >= 4 is 5.78 Å². The molecule has 2 heteroatoms. The van der Waals surface area contributed by atoms with E-state index in [0.29, 0.717) is 5.92 Å². The minimum Gasteiger partial charge on any atom is -0.486 e. The maximum Gasteiger partial charge on any atom is 0.172 e. The molecule has 0 saturated heterocycles. The van der Waals surface area contributed by atoms with E-state index >= 15 is 0 Å². The van der Waals surface area contributed by atoms with Gasteiger partial charge in [-0.05, 0) is 30.0 Å². The summed E-state index contributed by atoms with van der Waals surface area (Å²) in [6.45, 7) is 8.32. The minimum absolute atomic E-state index is 0.0365. The van der Waals surface area contributed by atoms with Gasteiger partial charge < -0.3 is 4.74 Å². The second-order valence-corrected chi connectivity index (χ2v) is 4.79. The highest BCUT2D eigenvalue weighted by Gasteiger charge is 2.08. The van der Waals surface area contributed by atoms with Crippen molar-refractivity contribution in [2.24, 2.45) is 5.92 Å². The summed E-state index contributed by atoms with van der Waals surface area (Å²) in [6, 6.07) is 8.02. The van der Waals surface area contributed by atoms with E-state index in [9.17, 15) is 4.79 Å². The normalized spacial score (nSPS) is 12.5. The lowest BCUT2D eigenvalue weighted by Gasteiger charge is -2.11. The number of rotatable bonds is 6. The monoisotopic (exact) mass is 234 g/mol. The highest BCUT2D eigenvalue weighted by molar-refractivity contribution is 5.81. The molecule has 0 aliphatic carbocycles. The molecule has 0 N–H and O–H groups in total. The van der Waals surface area contributed by atoms with E-state index in [1.165, 1.54) is 5.56 Å². The molecule has 0 radical (unpaired) electrons. The first-order valence-electron chi connectivity index (χ1n) is 6.30. The fourth-order valence-electron chi connectivity index (χ4n) is 1.45. The minimum atomic E-state index is 0.0365. The first-order valence-corrected chi connectivity index (χ1v) is 6.30. The standard InChI is InChI=1S/C15H22O2/c1-5-12(4)13-6-8-14(9-7-13)17-10-15(16)11(2)3/h6-9,11-12H,5,10H2,1-4H3. The molecule has 1 aromatic rings. The van der Waals surface area contributed by atoms with Crippen LogP contribution in [0.1, 0.15) is 45.6 Å². The third kappa shape index (κ3) is 4.22. The number of hydrogen-bond acceptors (Lipinski definition) is 2. The van der Waals surface area contributed by atoms with Crippen LogP contribution in [0.25, 0.3) is 0 Å². The highest BCUT2D eigenvalue weighted by atomic mass is 16.5. The Balaban J connectivity index is 2.54. The van der Waals surface area contributed by atoms with E-state index in [4.69, 9.17) is 4.74 Å². The Morgan fingerprint density at radius 2 is 1.76 bits per heavy atom. The molecule has 0 spiro atoms. The smallest absolute Gasteiger partial charge is 0.172 e. The van der Waals surface area contributed by atoms with Crippen molar-refractivity contribution in [3.63, 3.8) is 0 Å². The van der Waals surface area contributed by atoms with Crippen LogP contribution >= 0.6 is 0 Å². The SMILES string of the molecule is CCC(C)c1ccc(OCC(=O)C(C)C)cc1. The molecule has 0 bridgehead atoms. The van der Waals surface area contributed by atoms with Gasteiger partial charge in [0.15, 0.2) is 5.78 Å². The predicted octanol–water partition coefficient (Wildman–Crippen LogP) is 3.80. The summed E-state index contributed by atoms with van der Waals surface area (Å²) in [5.41, 5.74) is 1.31. The van der Waals surface area contributed by atoms with Gasteiger partial charge >= 0.3 is 0 Å². The Hall–Kier alpha value is -1.31. The van der Waals surface area contributed by atoms with Gasteiger partial charge in [0.2, 0.25) is 0 Å². The summed E-state index contributed by atoms with van der Waals surface area (Å²) in [5, 5.41) is 0. The van der Waals surface area contributed by atoms with Crippen LogP contribution in [0, 0.1) is 5.92 Å². The third-order valence-corrected chi connectivity index (χ3v) is 3.09. The second kappa shape index (κ2) is 6.43. The Morgan fingerprint density at radius 1 is 1.18 bits per heavy atom. The number of ketones is 1. The molecular weight excluding hydrogens is 212 g/mol. The number of Topliss-reactive ketones (excluding diaryl/α,β-unsaturated/α-hetero) is 1. The quantitative estimate of drug-likeness (QED) is 0.748. The zero-order chi connectivity index (χ0) is 12.8. The molecule has 0 aliphatic rings. The van der Waals surface area contributed by atoms with E-state index in [1.807, 2.05) is 26.0 Å². The van der Waals surface area contributed by atoms with Crippen LogP contribution in [0.3, 0.4) is 0 Å². The zero-order valence-electron chi connectivity index (χ0n) is 11.2. The lowest BCUT2D eigenvalue weighted by atomic mass is 9.99. The Kier molecular flexibility index (Phi) is 5.20. The topological polar surface area (TPSA) is 26.3 Å². The van der Waals surface area contributed by atoms with E-state index in [-0.39, 0.29) is 18.3 Å². The Labute approximate surface area is 104 Å². The van der Waals surface area contributed by atoms with Crippen LogP contribution in [0.15, 0.2) is 24.3 Å². The summed E-state index contributed by atoms with van der Waals surface area (Å²) < 4.78 is 5.45. The molecule has 1 aromatic carbocycles. The molecule has 0 fully saturated rings. The van der Waals surface area contributed by atoms with Gasteiger partial charge in [0, 0.05) is 5.92 Å². The van der Waals surface area contributed by atoms with Crippen molar-refractivity contribution in [3.8, 4) is 5.75 Å². The summed E-state index contributed by atoms with van der Waals surface area (Å²) in [7, 11) is 0. The number of carbonyl (C=O) groups excluding carboxylic acids is 1. The first kappa shape index (κ1) is 13.8. The number of benzene rings is 1. The van der Waals surface area contributed by atoms with Gasteiger partial charge in [0.05, 0.1) is 0 Å². The van der Waals surface area contributed by atoms with Gasteiger partial charge in [0.25, 0.3) is 0 Å². The molecule has 0 saturated carbocycles. The van der Waals surface area contributed by atoms with Crippen LogP contribution in [-0.4, -0.2) is 12.4 Å². The summed E-state index contributed by atoms with van der Waals surface area (Å²) in [5.74, 6) is 1.51. The number of carbonyl (C=O) groups is 1. The maximum absolute atomic E-state index is 11.4. The van der Waals surface area contributed by atoms with Gasteiger partial charge in [-0.25, -0.2) is 0 Å². The summed E-state index contributed by atoms with van der Waals surface area (Å²) in [6.07, 6.45) is 1.13. The van der Waals surface area contributed by atoms with E-state index in [1.54, 1.807) is 0 Å². The van der Waals surface area contributed by atoms with E-state index < -0.39 is 0 Å². The zero-order valence-corrected chi connectivity index (χ0v) is 11.2. The van der Waals surface area contributed by atoms with Crippen LogP contribution in [0.5, 0.6) is 5.75 Å². The molecule has 2 nitrogen and oxygen atoms in total. The second-order valence-electron chi connectivity index (χ2n) is 4.79. The average molecular weight is 234 g/mol. The molecule has 0 amide bonds. The highest BCUT2D eigenvalue weighted by Crippen LogP contribution is 2.21. The van der Waals surface area contributed by atoms with Crippen LogP contribution in [0.2, 0.25) is 0 Å². The fraction of sp³-hybridized carbons (Fsp3) is 0.533. The summed E-state index contributed by atoms with van der Waals surface area (Å²) >= 11 is 0. The average Bonchev–Trinajstić information content (AvgIpc) is 2.35. The van der Waals surface area contributed by atoms with Gasteiger partial charge in [-0.3, -0.25) is 4.79 Å². The molecule has 1 rings (SSSR count). The van der Waals surface area contributed by atoms with Crippen LogP contribution in [-0.2, 0) is 4.79 Å². The maximum atomic E-state index is 11.4. The Morgan fingerprint density at radius 3 is 2.24 bits per heavy atom. The predicted molar refractivity (Wildman–Crippen MR) is 70.5 cm³/mol. The van der Waals surface area contributed by atoms with Gasteiger partial charge in [-0.15, -0.1) is 0 Å². The summed E-state index contributed by atoms with van der Waals surface area (Å²) in [4.78, 5) is 11.4. The van der Waals surface area contributed by atoms with Crippen molar-refractivity contribution in [1.29, 1.82) is 0 Å². The fourth-order valence-corrected chi connectivity index (χ4v) is 1.45.